The van der Waals surface area contributed by atoms with Crippen molar-refractivity contribution in [2.24, 2.45) is 0 Å². The lowest BCUT2D eigenvalue weighted by Crippen LogP contribution is -2.47. The predicted octanol–water partition coefficient (Wildman–Crippen LogP) is 3.50. The first-order valence-electron chi connectivity index (χ1n) is 10.5. The van der Waals surface area contributed by atoms with E-state index in [-0.39, 0.29) is 29.4 Å². The maximum Gasteiger partial charge on any atom is 0.243 e. The fourth-order valence-corrected chi connectivity index (χ4v) is 6.33. The standard InChI is InChI=1S/C21H33N3O3S/c1-16-7-6-8-17(2)24(16)28(26,27)20-13-11-19(12-14-20)23-21(25)15-22-18-9-4-3-5-10-18/h11-14,16-18,22H,3-10,15H2,1-2H3,(H,23,25)/t16-,17+. The van der Waals surface area contributed by atoms with Crippen molar-refractivity contribution in [2.75, 3.05) is 11.9 Å². The van der Waals surface area contributed by atoms with E-state index in [0.717, 1.165) is 32.1 Å². The van der Waals surface area contributed by atoms with Crippen LogP contribution in [0.2, 0.25) is 0 Å². The molecule has 1 saturated heterocycles. The fraction of sp³-hybridized carbons (Fsp3) is 0.667. The molecule has 2 fully saturated rings. The van der Waals surface area contributed by atoms with E-state index < -0.39 is 10.0 Å². The molecule has 2 aliphatic rings. The van der Waals surface area contributed by atoms with Crippen LogP contribution in [0.1, 0.15) is 65.2 Å². The third-order valence-electron chi connectivity index (χ3n) is 5.98. The molecule has 28 heavy (non-hydrogen) atoms. The summed E-state index contributed by atoms with van der Waals surface area (Å²) in [6.07, 6.45) is 8.85. The molecule has 7 heteroatoms. The topological polar surface area (TPSA) is 78.5 Å². The van der Waals surface area contributed by atoms with Crippen molar-refractivity contribution in [1.82, 2.24) is 9.62 Å². The van der Waals surface area contributed by atoms with Crippen molar-refractivity contribution in [1.29, 1.82) is 0 Å². The van der Waals surface area contributed by atoms with Gasteiger partial charge in [-0.2, -0.15) is 4.31 Å². The van der Waals surface area contributed by atoms with Crippen LogP contribution in [-0.2, 0) is 14.8 Å². The van der Waals surface area contributed by atoms with Crippen LogP contribution in [0.4, 0.5) is 5.69 Å². The third-order valence-corrected chi connectivity index (χ3v) is 8.13. The van der Waals surface area contributed by atoms with Gasteiger partial charge < -0.3 is 10.6 Å². The van der Waals surface area contributed by atoms with Gasteiger partial charge in [0.1, 0.15) is 0 Å². The molecule has 0 unspecified atom stereocenters. The van der Waals surface area contributed by atoms with Crippen molar-refractivity contribution in [3.8, 4) is 0 Å². The van der Waals surface area contributed by atoms with Gasteiger partial charge in [-0.25, -0.2) is 8.42 Å². The summed E-state index contributed by atoms with van der Waals surface area (Å²) < 4.78 is 27.7. The quantitative estimate of drug-likeness (QED) is 0.756. The average molecular weight is 408 g/mol. The van der Waals surface area contributed by atoms with E-state index in [1.165, 1.54) is 19.3 Å². The second-order valence-electron chi connectivity index (χ2n) is 8.25. The molecule has 0 spiro atoms. The van der Waals surface area contributed by atoms with Crippen molar-refractivity contribution in [3.63, 3.8) is 0 Å². The van der Waals surface area contributed by atoms with Crippen LogP contribution < -0.4 is 10.6 Å². The lowest BCUT2D eigenvalue weighted by atomic mass is 9.95. The second-order valence-corrected chi connectivity index (χ2v) is 10.1. The third kappa shape index (κ3) is 5.13. The molecule has 3 rings (SSSR count). The number of hydrogen-bond acceptors (Lipinski definition) is 4. The Morgan fingerprint density at radius 2 is 1.57 bits per heavy atom. The zero-order valence-corrected chi connectivity index (χ0v) is 17.8. The Balaban J connectivity index is 1.58. The number of carbonyl (C=O) groups is 1. The lowest BCUT2D eigenvalue weighted by Gasteiger charge is -2.37. The monoisotopic (exact) mass is 407 g/mol. The molecule has 1 aliphatic carbocycles. The maximum absolute atomic E-state index is 13.0. The number of hydrogen-bond donors (Lipinski definition) is 2. The van der Waals surface area contributed by atoms with Gasteiger partial charge in [0.05, 0.1) is 11.4 Å². The van der Waals surface area contributed by atoms with Crippen LogP contribution in [-0.4, -0.2) is 43.3 Å². The molecular formula is C21H33N3O3S. The highest BCUT2D eigenvalue weighted by molar-refractivity contribution is 7.89. The van der Waals surface area contributed by atoms with Crippen LogP contribution in [0.25, 0.3) is 0 Å². The molecule has 156 valence electrons. The maximum atomic E-state index is 13.0. The Morgan fingerprint density at radius 1 is 0.964 bits per heavy atom. The van der Waals surface area contributed by atoms with Gasteiger partial charge in [0, 0.05) is 23.8 Å². The average Bonchev–Trinajstić information content (AvgIpc) is 2.67. The minimum atomic E-state index is -3.52. The minimum Gasteiger partial charge on any atom is -0.325 e. The molecule has 2 N–H and O–H groups in total. The molecule has 1 aromatic rings. The Hall–Kier alpha value is -1.44. The Morgan fingerprint density at radius 3 is 2.18 bits per heavy atom. The van der Waals surface area contributed by atoms with E-state index in [2.05, 4.69) is 10.6 Å². The Labute approximate surface area is 169 Å². The summed E-state index contributed by atoms with van der Waals surface area (Å²) in [6.45, 7) is 4.23. The van der Waals surface area contributed by atoms with Gasteiger partial charge >= 0.3 is 0 Å². The molecular weight excluding hydrogens is 374 g/mol. The van der Waals surface area contributed by atoms with Crippen LogP contribution in [0, 0.1) is 0 Å². The number of sulfonamides is 1. The summed E-state index contributed by atoms with van der Waals surface area (Å²) in [4.78, 5) is 12.5. The fourth-order valence-electron chi connectivity index (χ4n) is 4.45. The van der Waals surface area contributed by atoms with Crippen molar-refractivity contribution < 1.29 is 13.2 Å². The Kier molecular flexibility index (Phi) is 7.12. The van der Waals surface area contributed by atoms with Crippen molar-refractivity contribution in [2.45, 2.75) is 88.2 Å². The van der Waals surface area contributed by atoms with Gasteiger partial charge in [0.2, 0.25) is 15.9 Å². The van der Waals surface area contributed by atoms with Gasteiger partial charge in [-0.1, -0.05) is 25.7 Å². The van der Waals surface area contributed by atoms with E-state index in [1.807, 2.05) is 13.8 Å². The smallest absolute Gasteiger partial charge is 0.243 e. The predicted molar refractivity (Wildman–Crippen MR) is 112 cm³/mol. The number of carbonyl (C=O) groups excluding carboxylic acids is 1. The molecule has 0 bridgehead atoms. The molecule has 0 aromatic heterocycles. The molecule has 1 aliphatic heterocycles. The lowest BCUT2D eigenvalue weighted by molar-refractivity contribution is -0.115. The normalized spacial score (nSPS) is 24.8. The number of anilines is 1. The number of rotatable bonds is 6. The molecule has 6 nitrogen and oxygen atoms in total. The summed E-state index contributed by atoms with van der Waals surface area (Å²) in [6, 6.07) is 6.98. The van der Waals surface area contributed by atoms with Crippen LogP contribution in [0.15, 0.2) is 29.2 Å². The molecule has 0 radical (unpaired) electrons. The largest absolute Gasteiger partial charge is 0.325 e. The van der Waals surface area contributed by atoms with Gasteiger partial charge in [0.25, 0.3) is 0 Å². The van der Waals surface area contributed by atoms with E-state index in [1.54, 1.807) is 28.6 Å². The summed E-state index contributed by atoms with van der Waals surface area (Å²) in [5.74, 6) is -0.0977. The molecule has 1 saturated carbocycles. The second kappa shape index (κ2) is 9.37. The summed E-state index contributed by atoms with van der Waals surface area (Å²) >= 11 is 0. The van der Waals surface area contributed by atoms with E-state index >= 15 is 0 Å². The number of benzene rings is 1. The van der Waals surface area contributed by atoms with E-state index in [4.69, 9.17) is 0 Å². The highest BCUT2D eigenvalue weighted by Crippen LogP contribution is 2.29. The summed E-state index contributed by atoms with van der Waals surface area (Å²) in [7, 11) is -3.52. The number of nitrogens with one attached hydrogen (secondary N) is 2. The van der Waals surface area contributed by atoms with Gasteiger partial charge in [-0.05, 0) is 63.8 Å². The molecule has 1 aromatic carbocycles. The highest BCUT2D eigenvalue weighted by Gasteiger charge is 2.35. The number of amides is 1. The molecule has 1 amide bonds. The van der Waals surface area contributed by atoms with Crippen LogP contribution >= 0.6 is 0 Å². The zero-order chi connectivity index (χ0) is 20.1. The highest BCUT2D eigenvalue weighted by atomic mass is 32.2. The zero-order valence-electron chi connectivity index (χ0n) is 17.0. The van der Waals surface area contributed by atoms with Crippen molar-refractivity contribution >= 4 is 21.6 Å². The van der Waals surface area contributed by atoms with Crippen LogP contribution in [0.3, 0.4) is 0 Å². The summed E-state index contributed by atoms with van der Waals surface area (Å²) in [5, 5.41) is 6.16. The van der Waals surface area contributed by atoms with E-state index in [9.17, 15) is 13.2 Å². The van der Waals surface area contributed by atoms with Gasteiger partial charge in [0.15, 0.2) is 0 Å². The van der Waals surface area contributed by atoms with Crippen molar-refractivity contribution in [3.05, 3.63) is 24.3 Å². The van der Waals surface area contributed by atoms with E-state index in [0.29, 0.717) is 11.7 Å². The SMILES string of the molecule is C[C@@H]1CCC[C@H](C)N1S(=O)(=O)c1ccc(NC(=O)CNC2CCCCC2)cc1. The van der Waals surface area contributed by atoms with Crippen LogP contribution in [0.5, 0.6) is 0 Å². The molecule has 2 atom stereocenters. The first-order valence-corrected chi connectivity index (χ1v) is 12.0. The Bertz CT molecular complexity index is 748. The number of piperidine rings is 1. The minimum absolute atomic E-state index is 0.0130. The van der Waals surface area contributed by atoms with Gasteiger partial charge in [-0.3, -0.25) is 4.79 Å². The first kappa shape index (κ1) is 21.3. The first-order chi connectivity index (χ1) is 13.4. The number of nitrogens with zero attached hydrogens (tertiary/aromatic N) is 1. The molecule has 1 heterocycles. The summed E-state index contributed by atoms with van der Waals surface area (Å²) in [5.41, 5.74) is 0.620. The van der Waals surface area contributed by atoms with Gasteiger partial charge in [-0.15, -0.1) is 0 Å².